The van der Waals surface area contributed by atoms with Gasteiger partial charge in [-0.1, -0.05) is 17.7 Å². The molecule has 0 saturated carbocycles. The molecule has 0 bridgehead atoms. The molecule has 0 aliphatic carbocycles. The van der Waals surface area contributed by atoms with E-state index in [4.69, 9.17) is 0 Å². The van der Waals surface area contributed by atoms with E-state index >= 15 is 0 Å². The predicted molar refractivity (Wildman–Crippen MR) is 55.2 cm³/mol. The summed E-state index contributed by atoms with van der Waals surface area (Å²) in [6.45, 7) is 1.91. The minimum absolute atomic E-state index is 0.186. The number of nitrogens with zero attached hydrogens (tertiary/aromatic N) is 1. The smallest absolute Gasteiger partial charge is 0.209 e. The van der Waals surface area contributed by atoms with Crippen molar-refractivity contribution in [2.24, 2.45) is 0 Å². The molecule has 0 aliphatic rings. The van der Waals surface area contributed by atoms with Crippen molar-refractivity contribution in [3.8, 4) is 0 Å². The highest BCUT2D eigenvalue weighted by Crippen LogP contribution is 2.19. The Morgan fingerprint density at radius 2 is 1.80 bits per heavy atom. The van der Waals surface area contributed by atoms with Gasteiger partial charge in [-0.15, -0.1) is 0 Å². The first-order chi connectivity index (χ1) is 7.10. The van der Waals surface area contributed by atoms with Gasteiger partial charge < -0.3 is 0 Å². The van der Waals surface area contributed by atoms with E-state index in [2.05, 4.69) is 10.2 Å². The molecule has 0 atom stereocenters. The molecule has 0 fully saturated rings. The third-order valence-corrected chi connectivity index (χ3v) is 3.85. The summed E-state index contributed by atoms with van der Waals surface area (Å²) in [6.07, 6.45) is 2.67. The largest absolute Gasteiger partial charge is 0.284 e. The average molecular weight is 222 g/mol. The second kappa shape index (κ2) is 3.51. The first kappa shape index (κ1) is 9.92. The van der Waals surface area contributed by atoms with Crippen LogP contribution in [0.15, 0.2) is 46.5 Å². The highest BCUT2D eigenvalue weighted by Gasteiger charge is 2.17. The van der Waals surface area contributed by atoms with Crippen molar-refractivity contribution in [3.05, 3.63) is 42.2 Å². The van der Waals surface area contributed by atoms with Gasteiger partial charge in [-0.3, -0.25) is 5.10 Å². The topological polar surface area (TPSA) is 62.8 Å². The van der Waals surface area contributed by atoms with Crippen LogP contribution in [0, 0.1) is 6.92 Å². The Morgan fingerprint density at radius 3 is 2.33 bits per heavy atom. The maximum atomic E-state index is 11.9. The number of aromatic amines is 1. The summed E-state index contributed by atoms with van der Waals surface area (Å²) in [5.41, 5.74) is 1.03. The minimum atomic E-state index is -3.41. The Bertz CT molecular complexity index is 542. The van der Waals surface area contributed by atoms with E-state index in [1.807, 2.05) is 6.92 Å². The van der Waals surface area contributed by atoms with E-state index in [1.165, 1.54) is 12.4 Å². The number of aryl methyl sites for hydroxylation is 1. The lowest BCUT2D eigenvalue weighted by Crippen LogP contribution is -2.00. The number of hydrogen-bond donors (Lipinski definition) is 1. The zero-order valence-electron chi connectivity index (χ0n) is 8.14. The highest BCUT2D eigenvalue weighted by atomic mass is 32.2. The lowest BCUT2D eigenvalue weighted by Gasteiger charge is -2.01. The summed E-state index contributed by atoms with van der Waals surface area (Å²) >= 11 is 0. The van der Waals surface area contributed by atoms with Crippen LogP contribution in [-0.4, -0.2) is 18.6 Å². The number of sulfone groups is 1. The summed E-state index contributed by atoms with van der Waals surface area (Å²) in [6, 6.07) is 6.73. The van der Waals surface area contributed by atoms with E-state index in [0.717, 1.165) is 5.56 Å². The average Bonchev–Trinajstić information content (AvgIpc) is 2.71. The van der Waals surface area contributed by atoms with Gasteiger partial charge in [0.2, 0.25) is 9.84 Å². The second-order valence-corrected chi connectivity index (χ2v) is 5.20. The van der Waals surface area contributed by atoms with E-state index < -0.39 is 9.84 Å². The van der Waals surface area contributed by atoms with Crippen LogP contribution in [0.25, 0.3) is 0 Å². The van der Waals surface area contributed by atoms with Gasteiger partial charge in [0.15, 0.2) is 0 Å². The van der Waals surface area contributed by atoms with Crippen molar-refractivity contribution in [1.82, 2.24) is 10.2 Å². The summed E-state index contributed by atoms with van der Waals surface area (Å²) in [4.78, 5) is 0.473. The predicted octanol–water partition coefficient (Wildman–Crippen LogP) is 1.55. The van der Waals surface area contributed by atoms with Crippen LogP contribution in [-0.2, 0) is 9.84 Å². The van der Waals surface area contributed by atoms with E-state index in [-0.39, 0.29) is 9.79 Å². The Kier molecular flexibility index (Phi) is 2.32. The molecule has 1 N–H and O–H groups in total. The monoisotopic (exact) mass is 222 g/mol. The van der Waals surface area contributed by atoms with Crippen molar-refractivity contribution in [2.75, 3.05) is 0 Å². The van der Waals surface area contributed by atoms with Gasteiger partial charge >= 0.3 is 0 Å². The molecule has 0 aliphatic heterocycles. The number of nitrogens with one attached hydrogen (secondary N) is 1. The third-order valence-electron chi connectivity index (χ3n) is 2.11. The Morgan fingerprint density at radius 1 is 1.13 bits per heavy atom. The van der Waals surface area contributed by atoms with Gasteiger partial charge in [-0.2, -0.15) is 5.10 Å². The molecular weight excluding hydrogens is 212 g/mol. The van der Waals surface area contributed by atoms with Gasteiger partial charge in [0, 0.05) is 6.20 Å². The molecule has 0 radical (unpaired) electrons. The number of hydrogen-bond acceptors (Lipinski definition) is 3. The molecule has 1 aromatic heterocycles. The number of benzene rings is 1. The molecule has 1 aromatic carbocycles. The maximum Gasteiger partial charge on any atom is 0.209 e. The molecular formula is C10H10N2O2S. The van der Waals surface area contributed by atoms with Crippen LogP contribution in [0.4, 0.5) is 0 Å². The summed E-state index contributed by atoms with van der Waals surface area (Å²) in [5, 5.41) is 6.12. The molecule has 0 saturated heterocycles. The van der Waals surface area contributed by atoms with Crippen molar-refractivity contribution < 1.29 is 8.42 Å². The fraction of sp³-hybridized carbons (Fsp3) is 0.100. The molecule has 78 valence electrons. The molecule has 0 unspecified atom stereocenters. The fourth-order valence-corrected chi connectivity index (χ4v) is 2.41. The Labute approximate surface area is 87.9 Å². The lowest BCUT2D eigenvalue weighted by atomic mass is 10.2. The number of aromatic nitrogens is 2. The first-order valence-electron chi connectivity index (χ1n) is 4.41. The molecule has 5 heteroatoms. The van der Waals surface area contributed by atoms with Gasteiger partial charge in [-0.05, 0) is 19.1 Å². The highest BCUT2D eigenvalue weighted by molar-refractivity contribution is 7.91. The van der Waals surface area contributed by atoms with E-state index in [0.29, 0.717) is 0 Å². The fourth-order valence-electron chi connectivity index (χ4n) is 1.24. The van der Waals surface area contributed by atoms with Gasteiger partial charge in [0.05, 0.1) is 11.1 Å². The zero-order valence-corrected chi connectivity index (χ0v) is 8.95. The summed E-state index contributed by atoms with van der Waals surface area (Å²) < 4.78 is 23.9. The third kappa shape index (κ3) is 1.78. The summed E-state index contributed by atoms with van der Waals surface area (Å²) in [5.74, 6) is 0. The SMILES string of the molecule is Cc1ccc(S(=O)(=O)c2cn[nH]c2)cc1. The molecule has 15 heavy (non-hydrogen) atoms. The first-order valence-corrected chi connectivity index (χ1v) is 5.89. The lowest BCUT2D eigenvalue weighted by molar-refractivity contribution is 0.596. The maximum absolute atomic E-state index is 11.9. The van der Waals surface area contributed by atoms with E-state index in [1.54, 1.807) is 24.3 Å². The Balaban J connectivity index is 2.52. The second-order valence-electron chi connectivity index (χ2n) is 3.25. The van der Waals surface area contributed by atoms with Crippen molar-refractivity contribution in [1.29, 1.82) is 0 Å². The van der Waals surface area contributed by atoms with Crippen LogP contribution in [0.2, 0.25) is 0 Å². The van der Waals surface area contributed by atoms with E-state index in [9.17, 15) is 8.42 Å². The van der Waals surface area contributed by atoms with Crippen LogP contribution < -0.4 is 0 Å². The normalized spacial score (nSPS) is 11.5. The van der Waals surface area contributed by atoms with Crippen molar-refractivity contribution in [3.63, 3.8) is 0 Å². The van der Waals surface area contributed by atoms with Crippen molar-refractivity contribution in [2.45, 2.75) is 16.7 Å². The molecule has 0 spiro atoms. The van der Waals surface area contributed by atoms with Crippen molar-refractivity contribution >= 4 is 9.84 Å². The van der Waals surface area contributed by atoms with Gasteiger partial charge in [0.1, 0.15) is 4.90 Å². The zero-order chi connectivity index (χ0) is 10.9. The van der Waals surface area contributed by atoms with Gasteiger partial charge in [-0.25, -0.2) is 8.42 Å². The molecule has 1 heterocycles. The molecule has 0 amide bonds. The quantitative estimate of drug-likeness (QED) is 0.838. The van der Waals surface area contributed by atoms with Crippen LogP contribution in [0.1, 0.15) is 5.56 Å². The van der Waals surface area contributed by atoms with Crippen LogP contribution in [0.3, 0.4) is 0 Å². The van der Waals surface area contributed by atoms with Crippen LogP contribution >= 0.6 is 0 Å². The molecule has 2 rings (SSSR count). The van der Waals surface area contributed by atoms with Crippen LogP contribution in [0.5, 0.6) is 0 Å². The minimum Gasteiger partial charge on any atom is -0.284 e. The van der Waals surface area contributed by atoms with Gasteiger partial charge in [0.25, 0.3) is 0 Å². The summed E-state index contributed by atoms with van der Waals surface area (Å²) in [7, 11) is -3.41. The molecule has 2 aromatic rings. The number of H-pyrrole nitrogens is 1. The Hall–Kier alpha value is -1.62. The standard InChI is InChI=1S/C10H10N2O2S/c1-8-2-4-9(5-3-8)15(13,14)10-6-11-12-7-10/h2-7H,1H3,(H,11,12). The number of rotatable bonds is 2. The molecule has 4 nitrogen and oxygen atoms in total.